The van der Waals surface area contributed by atoms with Crippen molar-refractivity contribution in [1.29, 1.82) is 0 Å². The Bertz CT molecular complexity index is 832. The van der Waals surface area contributed by atoms with Crippen LogP contribution in [0.2, 0.25) is 0 Å². The first-order valence-electron chi connectivity index (χ1n) is 6.87. The molecule has 0 aliphatic heterocycles. The molecule has 0 fully saturated rings. The summed E-state index contributed by atoms with van der Waals surface area (Å²) in [4.78, 5) is 37.2. The Morgan fingerprint density at radius 2 is 1.57 bits per heavy atom. The van der Waals surface area contributed by atoms with E-state index in [0.29, 0.717) is 11.1 Å². The van der Waals surface area contributed by atoms with Crippen molar-refractivity contribution in [3.8, 4) is 0 Å². The molecule has 0 saturated heterocycles. The van der Waals surface area contributed by atoms with Crippen LogP contribution < -0.4 is 5.32 Å². The fourth-order valence-corrected chi connectivity index (χ4v) is 2.73. The van der Waals surface area contributed by atoms with Gasteiger partial charge in [0, 0.05) is 22.6 Å². The topological polar surface area (TPSA) is 63.2 Å². The number of carbonyl (C=O) groups excluding carboxylic acids is 3. The van der Waals surface area contributed by atoms with E-state index < -0.39 is 11.3 Å². The highest BCUT2D eigenvalue weighted by atomic mass is 35.5. The zero-order chi connectivity index (χ0) is 16.6. The number of alkyl halides is 2. The number of hydrogen-bond acceptors (Lipinski definition) is 3. The van der Waals surface area contributed by atoms with Gasteiger partial charge in [0.25, 0.3) is 0 Å². The maximum atomic E-state index is 12.7. The zero-order valence-corrected chi connectivity index (χ0v) is 13.3. The summed E-state index contributed by atoms with van der Waals surface area (Å²) in [5, 5.41) is 1.65. The molecule has 0 unspecified atom stereocenters. The molecule has 3 rings (SSSR count). The molecule has 116 valence electrons. The van der Waals surface area contributed by atoms with Crippen molar-refractivity contribution in [2.45, 2.75) is 5.38 Å². The summed E-state index contributed by atoms with van der Waals surface area (Å²) in [6.07, 6.45) is 0. The van der Waals surface area contributed by atoms with Gasteiger partial charge in [-0.2, -0.15) is 0 Å². The van der Waals surface area contributed by atoms with Gasteiger partial charge in [0.05, 0.1) is 11.3 Å². The number of anilines is 1. The standard InChI is InChI=1S/C17H11Cl2NO3/c18-8-12(19)17(23)20-13-7-3-6-11-14(13)16(22)10-5-2-1-4-9(10)15(11)21/h1-7,12H,8H2,(H,20,23)/t12-/m0/s1. The van der Waals surface area contributed by atoms with Gasteiger partial charge in [-0.15, -0.1) is 23.2 Å². The van der Waals surface area contributed by atoms with E-state index >= 15 is 0 Å². The first kappa shape index (κ1) is 15.7. The molecule has 0 saturated carbocycles. The number of rotatable bonds is 3. The minimum atomic E-state index is -0.922. The highest BCUT2D eigenvalue weighted by Gasteiger charge is 2.32. The van der Waals surface area contributed by atoms with Gasteiger partial charge in [-0.1, -0.05) is 36.4 Å². The van der Waals surface area contributed by atoms with Crippen LogP contribution in [-0.4, -0.2) is 28.7 Å². The van der Waals surface area contributed by atoms with Crippen molar-refractivity contribution in [2.24, 2.45) is 0 Å². The van der Waals surface area contributed by atoms with Crippen molar-refractivity contribution < 1.29 is 14.4 Å². The molecule has 0 spiro atoms. The molecule has 0 bridgehead atoms. The largest absolute Gasteiger partial charge is 0.324 e. The maximum absolute atomic E-state index is 12.7. The van der Waals surface area contributed by atoms with Crippen LogP contribution in [0, 0.1) is 0 Å². The molecule has 0 aromatic heterocycles. The Morgan fingerprint density at radius 1 is 0.957 bits per heavy atom. The Morgan fingerprint density at radius 3 is 2.22 bits per heavy atom. The summed E-state index contributed by atoms with van der Waals surface area (Å²) in [5.41, 5.74) is 1.40. The molecule has 1 N–H and O–H groups in total. The van der Waals surface area contributed by atoms with Crippen LogP contribution in [-0.2, 0) is 4.79 Å². The van der Waals surface area contributed by atoms with Gasteiger partial charge in [0.15, 0.2) is 11.6 Å². The Balaban J connectivity index is 2.09. The van der Waals surface area contributed by atoms with E-state index in [1.165, 1.54) is 0 Å². The van der Waals surface area contributed by atoms with Gasteiger partial charge in [-0.05, 0) is 6.07 Å². The summed E-state index contributed by atoms with van der Waals surface area (Å²) < 4.78 is 0. The third-order valence-electron chi connectivity index (χ3n) is 3.63. The number of nitrogens with one attached hydrogen (secondary N) is 1. The normalized spacial score (nSPS) is 14.0. The van der Waals surface area contributed by atoms with Gasteiger partial charge < -0.3 is 5.32 Å². The summed E-state index contributed by atoms with van der Waals surface area (Å²) in [6, 6.07) is 11.4. The minimum Gasteiger partial charge on any atom is -0.324 e. The zero-order valence-electron chi connectivity index (χ0n) is 11.8. The Labute approximate surface area is 142 Å². The molecule has 1 aliphatic carbocycles. The third kappa shape index (κ3) is 2.64. The molecule has 2 aromatic rings. The highest BCUT2D eigenvalue weighted by molar-refractivity contribution is 6.38. The van der Waals surface area contributed by atoms with E-state index in [1.54, 1.807) is 42.5 Å². The van der Waals surface area contributed by atoms with Crippen LogP contribution in [0.3, 0.4) is 0 Å². The van der Waals surface area contributed by atoms with Crippen LogP contribution >= 0.6 is 23.2 Å². The fraction of sp³-hybridized carbons (Fsp3) is 0.118. The molecule has 1 amide bonds. The van der Waals surface area contributed by atoms with Crippen LogP contribution in [0.15, 0.2) is 42.5 Å². The Kier molecular flexibility index (Phi) is 4.20. The van der Waals surface area contributed by atoms with Crippen LogP contribution in [0.5, 0.6) is 0 Å². The smallest absolute Gasteiger partial charge is 0.243 e. The van der Waals surface area contributed by atoms with Crippen molar-refractivity contribution in [3.63, 3.8) is 0 Å². The lowest BCUT2D eigenvalue weighted by atomic mass is 9.83. The summed E-state index contributed by atoms with van der Waals surface area (Å²) in [7, 11) is 0. The molecule has 1 atom stereocenters. The van der Waals surface area contributed by atoms with Crippen LogP contribution in [0.4, 0.5) is 5.69 Å². The molecular weight excluding hydrogens is 337 g/mol. The van der Waals surface area contributed by atoms with E-state index in [4.69, 9.17) is 23.2 Å². The molecule has 2 aromatic carbocycles. The van der Waals surface area contributed by atoms with E-state index in [2.05, 4.69) is 5.32 Å². The first-order valence-corrected chi connectivity index (χ1v) is 7.84. The number of hydrogen-bond donors (Lipinski definition) is 1. The predicted molar refractivity (Wildman–Crippen MR) is 88.7 cm³/mol. The van der Waals surface area contributed by atoms with E-state index in [-0.39, 0.29) is 34.3 Å². The molecular formula is C17H11Cl2NO3. The van der Waals surface area contributed by atoms with E-state index in [9.17, 15) is 14.4 Å². The van der Waals surface area contributed by atoms with Crippen LogP contribution in [0.1, 0.15) is 31.8 Å². The molecule has 0 radical (unpaired) electrons. The number of ketones is 2. The van der Waals surface area contributed by atoms with Gasteiger partial charge in [0.1, 0.15) is 5.38 Å². The number of halogens is 2. The number of benzene rings is 2. The SMILES string of the molecule is O=C1c2ccccc2C(=O)c2c(NC(=O)[C@@H](Cl)CCl)cccc21. The summed E-state index contributed by atoms with van der Waals surface area (Å²) in [6.45, 7) is 0. The third-order valence-corrected chi connectivity index (χ3v) is 4.45. The van der Waals surface area contributed by atoms with Crippen molar-refractivity contribution in [1.82, 2.24) is 0 Å². The van der Waals surface area contributed by atoms with Gasteiger partial charge in [-0.3, -0.25) is 14.4 Å². The number of amides is 1. The molecule has 1 aliphatic rings. The lowest BCUT2D eigenvalue weighted by Crippen LogP contribution is -2.28. The second-order valence-corrected chi connectivity index (χ2v) is 5.88. The van der Waals surface area contributed by atoms with Gasteiger partial charge in [-0.25, -0.2) is 0 Å². The number of carbonyl (C=O) groups is 3. The maximum Gasteiger partial charge on any atom is 0.243 e. The van der Waals surface area contributed by atoms with Crippen molar-refractivity contribution in [2.75, 3.05) is 11.2 Å². The molecule has 23 heavy (non-hydrogen) atoms. The molecule has 4 nitrogen and oxygen atoms in total. The Hall–Kier alpha value is -2.17. The average Bonchev–Trinajstić information content (AvgIpc) is 2.58. The van der Waals surface area contributed by atoms with E-state index in [1.807, 2.05) is 0 Å². The number of fused-ring (bicyclic) bond motifs is 2. The molecule has 0 heterocycles. The van der Waals surface area contributed by atoms with Crippen molar-refractivity contribution in [3.05, 3.63) is 64.7 Å². The van der Waals surface area contributed by atoms with E-state index in [0.717, 1.165) is 0 Å². The quantitative estimate of drug-likeness (QED) is 0.739. The van der Waals surface area contributed by atoms with Crippen LogP contribution in [0.25, 0.3) is 0 Å². The highest BCUT2D eigenvalue weighted by Crippen LogP contribution is 2.32. The predicted octanol–water partition coefficient (Wildman–Crippen LogP) is 3.25. The fourth-order valence-electron chi connectivity index (χ4n) is 2.53. The average molecular weight is 348 g/mol. The van der Waals surface area contributed by atoms with Gasteiger partial charge >= 0.3 is 0 Å². The minimum absolute atomic E-state index is 0.0574. The van der Waals surface area contributed by atoms with Gasteiger partial charge in [0.2, 0.25) is 5.91 Å². The molecule has 6 heteroatoms. The second kappa shape index (κ2) is 6.14. The monoisotopic (exact) mass is 347 g/mol. The summed E-state index contributed by atoms with van der Waals surface area (Å²) >= 11 is 11.4. The first-order chi connectivity index (χ1) is 11.0. The summed E-state index contributed by atoms with van der Waals surface area (Å²) in [5.74, 6) is -1.12. The second-order valence-electron chi connectivity index (χ2n) is 5.04. The lowest BCUT2D eigenvalue weighted by Gasteiger charge is -2.20. The van der Waals surface area contributed by atoms with Crippen molar-refractivity contribution >= 4 is 46.4 Å². The lowest BCUT2D eigenvalue weighted by molar-refractivity contribution is -0.115.